The molecule has 0 heterocycles. The summed E-state index contributed by atoms with van der Waals surface area (Å²) in [6, 6.07) is 0. The highest BCUT2D eigenvalue weighted by atomic mass is 28.4. The van der Waals surface area contributed by atoms with Crippen LogP contribution in [-0.2, 0) is 13.3 Å². The molecule has 0 spiro atoms. The van der Waals surface area contributed by atoms with Gasteiger partial charge in [0.05, 0.1) is 0 Å². The van der Waals surface area contributed by atoms with Gasteiger partial charge in [0.1, 0.15) is 0 Å². The lowest BCUT2D eigenvalue weighted by Gasteiger charge is -2.34. The van der Waals surface area contributed by atoms with E-state index in [4.69, 9.17) is 13.3 Å². The van der Waals surface area contributed by atoms with Crippen molar-refractivity contribution in [1.29, 1.82) is 0 Å². The lowest BCUT2D eigenvalue weighted by molar-refractivity contribution is 0.0143. The number of hydrogen-bond donors (Lipinski definition) is 0. The fourth-order valence-corrected chi connectivity index (χ4v) is 4.81. The Bertz CT molecular complexity index is 199. The zero-order valence-corrected chi connectivity index (χ0v) is 12.8. The summed E-state index contributed by atoms with van der Waals surface area (Å²) in [6.45, 7) is 9.52. The Labute approximate surface area is 107 Å². The molecule has 1 rings (SSSR count). The quantitative estimate of drug-likeness (QED) is 0.654. The molecule has 0 amide bonds. The van der Waals surface area contributed by atoms with Gasteiger partial charge in [-0.1, -0.05) is 19.3 Å². The first-order valence-electron chi connectivity index (χ1n) is 7.07. The Morgan fingerprint density at radius 1 is 1.06 bits per heavy atom. The summed E-state index contributed by atoms with van der Waals surface area (Å²) in [6.07, 6.45) is 6.94. The summed E-state index contributed by atoms with van der Waals surface area (Å²) < 4.78 is 17.6. The lowest BCUT2D eigenvalue weighted by Crippen LogP contribution is -2.46. The van der Waals surface area contributed by atoms with Gasteiger partial charge in [0.15, 0.2) is 0 Å². The zero-order chi connectivity index (χ0) is 12.7. The molecule has 4 heteroatoms. The average molecular weight is 260 g/mol. The van der Waals surface area contributed by atoms with Crippen molar-refractivity contribution in [3.05, 3.63) is 0 Å². The molecule has 3 nitrogen and oxygen atoms in total. The standard InChI is InChI=1S/C13H28O3Si/c1-5-14-17(4,15-6-2)16-12(3)13-10-8-7-9-11-13/h12-13H,5-11H2,1-4H3. The highest BCUT2D eigenvalue weighted by molar-refractivity contribution is 6.59. The first-order valence-corrected chi connectivity index (χ1v) is 9.29. The van der Waals surface area contributed by atoms with E-state index < -0.39 is 8.80 Å². The second-order valence-corrected chi connectivity index (χ2v) is 7.49. The number of hydrogen-bond acceptors (Lipinski definition) is 3. The van der Waals surface area contributed by atoms with Crippen LogP contribution in [0.1, 0.15) is 52.9 Å². The van der Waals surface area contributed by atoms with Crippen LogP contribution in [0.4, 0.5) is 0 Å². The van der Waals surface area contributed by atoms with Gasteiger partial charge in [-0.25, -0.2) is 0 Å². The molecule has 1 atom stereocenters. The molecular weight excluding hydrogens is 232 g/mol. The Balaban J connectivity index is 2.46. The second-order valence-electron chi connectivity index (χ2n) is 4.95. The molecular formula is C13H28O3Si. The van der Waals surface area contributed by atoms with Crippen molar-refractivity contribution in [3.8, 4) is 0 Å². The molecule has 0 aliphatic heterocycles. The van der Waals surface area contributed by atoms with Crippen molar-refractivity contribution in [3.63, 3.8) is 0 Å². The third-order valence-corrected chi connectivity index (χ3v) is 5.95. The fraction of sp³-hybridized carbons (Fsp3) is 1.00. The fourth-order valence-electron chi connectivity index (χ4n) is 2.67. The van der Waals surface area contributed by atoms with Crippen LogP contribution in [0.2, 0.25) is 6.55 Å². The Kier molecular flexibility index (Phi) is 6.70. The summed E-state index contributed by atoms with van der Waals surface area (Å²) >= 11 is 0. The Hall–Kier alpha value is 0.0969. The van der Waals surface area contributed by atoms with Gasteiger partial charge in [-0.15, -0.1) is 0 Å². The smallest absolute Gasteiger partial charge is 0.374 e. The summed E-state index contributed by atoms with van der Waals surface area (Å²) in [5.41, 5.74) is 0. The molecule has 0 N–H and O–H groups in total. The topological polar surface area (TPSA) is 27.7 Å². The van der Waals surface area contributed by atoms with Crippen LogP contribution in [0.15, 0.2) is 0 Å². The van der Waals surface area contributed by atoms with Crippen molar-refractivity contribution >= 4 is 8.80 Å². The van der Waals surface area contributed by atoms with Crippen LogP contribution in [0.3, 0.4) is 0 Å². The third-order valence-electron chi connectivity index (χ3n) is 3.53. The van der Waals surface area contributed by atoms with E-state index in [1.807, 2.05) is 20.4 Å². The van der Waals surface area contributed by atoms with Crippen LogP contribution in [0.25, 0.3) is 0 Å². The van der Waals surface area contributed by atoms with Crippen molar-refractivity contribution in [2.45, 2.75) is 65.5 Å². The van der Waals surface area contributed by atoms with Gasteiger partial charge in [0.2, 0.25) is 0 Å². The molecule has 102 valence electrons. The minimum absolute atomic E-state index is 0.269. The maximum absolute atomic E-state index is 6.15. The maximum atomic E-state index is 6.15. The molecule has 0 aromatic rings. The van der Waals surface area contributed by atoms with Crippen molar-refractivity contribution in [2.75, 3.05) is 13.2 Å². The summed E-state index contributed by atoms with van der Waals surface area (Å²) in [7, 11) is -2.40. The van der Waals surface area contributed by atoms with Crippen LogP contribution < -0.4 is 0 Å². The SMILES string of the molecule is CCO[Si](C)(OCC)OC(C)C1CCCCC1. The zero-order valence-electron chi connectivity index (χ0n) is 11.8. The first kappa shape index (κ1) is 15.2. The van der Waals surface area contributed by atoms with E-state index in [1.54, 1.807) is 0 Å². The van der Waals surface area contributed by atoms with Crippen LogP contribution in [-0.4, -0.2) is 28.1 Å². The molecule has 0 aromatic carbocycles. The minimum atomic E-state index is -2.40. The molecule has 1 unspecified atom stereocenters. The van der Waals surface area contributed by atoms with Crippen LogP contribution in [0.5, 0.6) is 0 Å². The largest absolute Gasteiger partial charge is 0.497 e. The van der Waals surface area contributed by atoms with E-state index in [1.165, 1.54) is 32.1 Å². The predicted molar refractivity (Wildman–Crippen MR) is 72.0 cm³/mol. The van der Waals surface area contributed by atoms with E-state index >= 15 is 0 Å². The summed E-state index contributed by atoms with van der Waals surface area (Å²) in [5.74, 6) is 0.691. The van der Waals surface area contributed by atoms with Crippen LogP contribution >= 0.6 is 0 Å². The minimum Gasteiger partial charge on any atom is -0.374 e. The van der Waals surface area contributed by atoms with Gasteiger partial charge in [-0.2, -0.15) is 0 Å². The van der Waals surface area contributed by atoms with E-state index in [0.717, 1.165) is 0 Å². The Morgan fingerprint density at radius 3 is 2.06 bits per heavy atom. The van der Waals surface area contributed by atoms with E-state index in [0.29, 0.717) is 19.1 Å². The van der Waals surface area contributed by atoms with Crippen molar-refractivity contribution in [1.82, 2.24) is 0 Å². The molecule has 1 aliphatic rings. The van der Waals surface area contributed by atoms with Gasteiger partial charge in [-0.3, -0.25) is 0 Å². The van der Waals surface area contributed by atoms with Crippen LogP contribution in [0, 0.1) is 5.92 Å². The summed E-state index contributed by atoms with van der Waals surface area (Å²) in [5, 5.41) is 0. The Morgan fingerprint density at radius 2 is 1.59 bits per heavy atom. The third kappa shape index (κ3) is 5.08. The average Bonchev–Trinajstić information content (AvgIpc) is 2.30. The van der Waals surface area contributed by atoms with E-state index in [9.17, 15) is 0 Å². The van der Waals surface area contributed by atoms with E-state index in [2.05, 4.69) is 6.92 Å². The van der Waals surface area contributed by atoms with Gasteiger partial charge in [0.25, 0.3) is 0 Å². The van der Waals surface area contributed by atoms with Crippen molar-refractivity contribution < 1.29 is 13.3 Å². The summed E-state index contributed by atoms with van der Waals surface area (Å²) in [4.78, 5) is 0. The van der Waals surface area contributed by atoms with Gasteiger partial charge >= 0.3 is 8.80 Å². The van der Waals surface area contributed by atoms with Gasteiger partial charge in [0, 0.05) is 25.9 Å². The molecule has 17 heavy (non-hydrogen) atoms. The lowest BCUT2D eigenvalue weighted by atomic mass is 9.86. The predicted octanol–water partition coefficient (Wildman–Crippen LogP) is 3.61. The molecule has 0 bridgehead atoms. The highest BCUT2D eigenvalue weighted by Gasteiger charge is 2.38. The molecule has 1 aliphatic carbocycles. The van der Waals surface area contributed by atoms with Gasteiger partial charge in [-0.05, 0) is 39.5 Å². The molecule has 1 fully saturated rings. The van der Waals surface area contributed by atoms with E-state index in [-0.39, 0.29) is 6.10 Å². The normalized spacial score (nSPS) is 20.5. The van der Waals surface area contributed by atoms with Crippen molar-refractivity contribution in [2.24, 2.45) is 5.92 Å². The first-order chi connectivity index (χ1) is 8.11. The monoisotopic (exact) mass is 260 g/mol. The molecule has 0 aromatic heterocycles. The molecule has 0 radical (unpaired) electrons. The molecule has 1 saturated carbocycles. The second kappa shape index (κ2) is 7.51. The molecule has 0 saturated heterocycles. The highest BCUT2D eigenvalue weighted by Crippen LogP contribution is 2.29. The maximum Gasteiger partial charge on any atom is 0.497 e. The van der Waals surface area contributed by atoms with Gasteiger partial charge < -0.3 is 13.3 Å². The number of rotatable bonds is 7.